The molecule has 0 fully saturated rings. The van der Waals surface area contributed by atoms with Crippen molar-refractivity contribution in [1.82, 2.24) is 0 Å². The Morgan fingerprint density at radius 1 is 0.780 bits per heavy atom. The number of benzene rings is 3. The molecule has 1 N–H and O–H groups in total. The third-order valence-electron chi connectivity index (χ3n) is 5.45. The van der Waals surface area contributed by atoms with E-state index in [2.05, 4.69) is 26.0 Å². The zero-order valence-corrected chi connectivity index (χ0v) is 21.3. The number of amides is 1. The molecule has 41 heavy (non-hydrogen) atoms. The van der Waals surface area contributed by atoms with Crippen molar-refractivity contribution in [1.29, 1.82) is 0 Å². The number of ketones is 1. The van der Waals surface area contributed by atoms with Crippen molar-refractivity contribution in [2.45, 2.75) is 30.8 Å². The van der Waals surface area contributed by atoms with Gasteiger partial charge in [0.05, 0.1) is 0 Å². The van der Waals surface area contributed by atoms with Crippen molar-refractivity contribution in [3.8, 4) is 5.75 Å². The van der Waals surface area contributed by atoms with Crippen LogP contribution in [0.15, 0.2) is 65.1 Å². The molecular formula is C25H13BrF11NO3. The van der Waals surface area contributed by atoms with Crippen LogP contribution in [0.4, 0.5) is 54.0 Å². The Morgan fingerprint density at radius 2 is 1.37 bits per heavy atom. The number of ether oxygens (including phenoxy) is 1. The van der Waals surface area contributed by atoms with Crippen LogP contribution in [0.2, 0.25) is 0 Å². The van der Waals surface area contributed by atoms with Crippen molar-refractivity contribution in [2.75, 3.05) is 5.32 Å². The number of halogens is 12. The predicted octanol–water partition coefficient (Wildman–Crippen LogP) is 8.45. The smallest absolute Gasteiger partial charge is 0.405 e. The van der Waals surface area contributed by atoms with Gasteiger partial charge in [0.25, 0.3) is 5.91 Å². The van der Waals surface area contributed by atoms with Gasteiger partial charge in [-0.2, -0.15) is 26.3 Å². The summed E-state index contributed by atoms with van der Waals surface area (Å²) in [4.78, 5) is 25.2. The van der Waals surface area contributed by atoms with Crippen LogP contribution in [0, 0.1) is 5.82 Å². The van der Waals surface area contributed by atoms with Gasteiger partial charge in [0.1, 0.15) is 11.6 Å². The summed E-state index contributed by atoms with van der Waals surface area (Å²) in [5, 5.41) is 2.39. The van der Waals surface area contributed by atoms with Crippen LogP contribution >= 0.6 is 15.9 Å². The highest BCUT2D eigenvalue weighted by Gasteiger charge is 2.73. The molecule has 0 atom stereocenters. The number of carbonyl (C=O) groups excluding carboxylic acids is 2. The maximum Gasteiger partial charge on any atom is 0.573 e. The molecule has 0 aromatic heterocycles. The van der Waals surface area contributed by atoms with Gasteiger partial charge in [-0.25, -0.2) is 8.78 Å². The van der Waals surface area contributed by atoms with Gasteiger partial charge < -0.3 is 10.1 Å². The molecule has 1 amide bonds. The summed E-state index contributed by atoms with van der Waals surface area (Å²) in [7, 11) is 0. The zero-order valence-electron chi connectivity index (χ0n) is 19.7. The van der Waals surface area contributed by atoms with Gasteiger partial charge >= 0.3 is 24.4 Å². The first-order valence-electron chi connectivity index (χ1n) is 10.8. The summed E-state index contributed by atoms with van der Waals surface area (Å²) in [6, 6.07) is 8.66. The Kier molecular flexibility index (Phi) is 8.77. The summed E-state index contributed by atoms with van der Waals surface area (Å²) in [5.41, 5.74) is -9.41. The molecule has 16 heteroatoms. The first kappa shape index (κ1) is 31.8. The summed E-state index contributed by atoms with van der Waals surface area (Å²) in [6.45, 7) is 0. The lowest BCUT2D eigenvalue weighted by Gasteiger charge is -2.31. The summed E-state index contributed by atoms with van der Waals surface area (Å²) in [6.07, 6.45) is -20.0. The van der Waals surface area contributed by atoms with Crippen molar-refractivity contribution >= 4 is 33.3 Å². The minimum absolute atomic E-state index is 0.00363. The van der Waals surface area contributed by atoms with E-state index < -0.39 is 75.7 Å². The Bertz CT molecular complexity index is 1440. The standard InChI is InChI=1S/C25H13BrF11NO3/c26-18-9-14(22(28,23(29,30)31)24(32,33)34)10-20(41-25(35,36)37)17(18)11-19(39)13-2-1-3-16(8-13)38-21(40)12-4-6-15(27)7-5-12/h1-10H,11H2,(H,38,40). The van der Waals surface area contributed by atoms with Crippen molar-refractivity contribution < 1.29 is 62.6 Å². The van der Waals surface area contributed by atoms with Gasteiger partial charge in [-0.1, -0.05) is 28.1 Å². The molecule has 0 aliphatic carbocycles. The minimum Gasteiger partial charge on any atom is -0.405 e. The van der Waals surface area contributed by atoms with Crippen LogP contribution < -0.4 is 10.1 Å². The largest absolute Gasteiger partial charge is 0.573 e. The van der Waals surface area contributed by atoms with Crippen molar-refractivity contribution in [3.05, 3.63) is 93.2 Å². The van der Waals surface area contributed by atoms with E-state index in [0.29, 0.717) is 0 Å². The maximum absolute atomic E-state index is 14.6. The fourth-order valence-corrected chi connectivity index (χ4v) is 4.11. The fourth-order valence-electron chi connectivity index (χ4n) is 3.52. The summed E-state index contributed by atoms with van der Waals surface area (Å²) in [5.74, 6) is -4.04. The molecule has 0 saturated heterocycles. The monoisotopic (exact) mass is 663 g/mol. The highest BCUT2D eigenvalue weighted by atomic mass is 79.9. The lowest BCUT2D eigenvalue weighted by molar-refractivity contribution is -0.348. The Hall–Kier alpha value is -3.69. The quantitative estimate of drug-likeness (QED) is 0.204. The number of hydrogen-bond acceptors (Lipinski definition) is 3. The van der Waals surface area contributed by atoms with Gasteiger partial charge in [-0.15, -0.1) is 13.2 Å². The van der Waals surface area contributed by atoms with E-state index in [1.807, 2.05) is 0 Å². The van der Waals surface area contributed by atoms with Gasteiger partial charge in [0, 0.05) is 38.8 Å². The van der Waals surface area contributed by atoms with Crippen molar-refractivity contribution in [2.24, 2.45) is 0 Å². The number of carbonyl (C=O) groups is 2. The molecule has 220 valence electrons. The number of alkyl halides is 10. The Labute approximate surface area is 231 Å². The minimum atomic E-state index is -6.63. The van der Waals surface area contributed by atoms with E-state index in [4.69, 9.17) is 0 Å². The lowest BCUT2D eigenvalue weighted by atomic mass is 9.91. The highest BCUT2D eigenvalue weighted by molar-refractivity contribution is 9.10. The van der Waals surface area contributed by atoms with E-state index in [0.717, 1.165) is 36.4 Å². The molecule has 3 rings (SSSR count). The van der Waals surface area contributed by atoms with Gasteiger partial charge in [0.2, 0.25) is 0 Å². The van der Waals surface area contributed by atoms with Crippen LogP contribution in [-0.4, -0.2) is 30.4 Å². The number of nitrogens with one attached hydrogen (secondary N) is 1. The van der Waals surface area contributed by atoms with Gasteiger partial charge in [-0.05, 0) is 48.5 Å². The average molecular weight is 664 g/mol. The molecular weight excluding hydrogens is 651 g/mol. The molecule has 4 nitrogen and oxygen atoms in total. The van der Waals surface area contributed by atoms with Gasteiger partial charge in [0.15, 0.2) is 5.78 Å². The molecule has 0 aliphatic heterocycles. The van der Waals surface area contributed by atoms with E-state index in [1.54, 1.807) is 0 Å². The first-order valence-corrected chi connectivity index (χ1v) is 11.6. The molecule has 0 unspecified atom stereocenters. The first-order chi connectivity index (χ1) is 18.7. The van der Waals surface area contributed by atoms with Crippen LogP contribution in [0.5, 0.6) is 5.75 Å². The second kappa shape index (κ2) is 11.3. The zero-order chi connectivity index (χ0) is 31.0. The van der Waals surface area contributed by atoms with Crippen LogP contribution in [0.3, 0.4) is 0 Å². The normalized spacial score (nSPS) is 12.7. The molecule has 0 heterocycles. The number of anilines is 1. The topological polar surface area (TPSA) is 55.4 Å². The molecule has 0 aliphatic rings. The molecule has 3 aromatic carbocycles. The number of Topliss-reactive ketones (excluding diaryl/α,β-unsaturated/α-hetero) is 1. The van der Waals surface area contributed by atoms with Crippen LogP contribution in [-0.2, 0) is 12.1 Å². The Morgan fingerprint density at radius 3 is 1.90 bits per heavy atom. The molecule has 3 aromatic rings. The lowest BCUT2D eigenvalue weighted by Crippen LogP contribution is -2.50. The highest BCUT2D eigenvalue weighted by Crippen LogP contribution is 2.54. The molecule has 0 radical (unpaired) electrons. The average Bonchev–Trinajstić information content (AvgIpc) is 2.83. The summed E-state index contributed by atoms with van der Waals surface area (Å²) >= 11 is 2.53. The fraction of sp³-hybridized carbons (Fsp3) is 0.200. The van der Waals surface area contributed by atoms with E-state index >= 15 is 0 Å². The third-order valence-corrected chi connectivity index (χ3v) is 6.15. The van der Waals surface area contributed by atoms with Crippen molar-refractivity contribution in [3.63, 3.8) is 0 Å². The molecule has 0 saturated carbocycles. The number of rotatable bonds is 7. The third kappa shape index (κ3) is 7.15. The van der Waals surface area contributed by atoms with Gasteiger partial charge in [-0.3, -0.25) is 9.59 Å². The number of hydrogen-bond donors (Lipinski definition) is 1. The SMILES string of the molecule is O=C(Cc1c(Br)cc(C(F)(C(F)(F)F)C(F)(F)F)cc1OC(F)(F)F)c1cccc(NC(=O)c2ccc(F)cc2)c1. The predicted molar refractivity (Wildman–Crippen MR) is 125 cm³/mol. The maximum atomic E-state index is 14.6. The second-order valence-corrected chi connectivity index (χ2v) is 9.13. The van der Waals surface area contributed by atoms with E-state index in [9.17, 15) is 57.9 Å². The van der Waals surface area contributed by atoms with Crippen LogP contribution in [0.25, 0.3) is 0 Å². The second-order valence-electron chi connectivity index (χ2n) is 8.28. The van der Waals surface area contributed by atoms with Crippen LogP contribution in [0.1, 0.15) is 31.8 Å². The van der Waals surface area contributed by atoms with E-state index in [-0.39, 0.29) is 22.9 Å². The molecule has 0 spiro atoms. The molecule has 0 bridgehead atoms. The van der Waals surface area contributed by atoms with E-state index in [1.165, 1.54) is 12.1 Å². The Balaban J connectivity index is 1.99. The summed E-state index contributed by atoms with van der Waals surface area (Å²) < 4.78 is 149.